The van der Waals surface area contributed by atoms with E-state index in [9.17, 15) is 0 Å². The van der Waals surface area contributed by atoms with E-state index >= 15 is 0 Å². The van der Waals surface area contributed by atoms with Gasteiger partial charge in [-0.3, -0.25) is 0 Å². The van der Waals surface area contributed by atoms with E-state index in [4.69, 9.17) is 15.0 Å². The lowest BCUT2D eigenvalue weighted by Gasteiger charge is -2.13. The van der Waals surface area contributed by atoms with Crippen molar-refractivity contribution >= 4 is 63.8 Å². The zero-order chi connectivity index (χ0) is 40.3. The molecule has 0 radical (unpaired) electrons. The van der Waals surface area contributed by atoms with Gasteiger partial charge < -0.3 is 0 Å². The number of thiophene rings is 1. The maximum atomic E-state index is 5.33. The van der Waals surface area contributed by atoms with Gasteiger partial charge in [-0.2, -0.15) is 0 Å². The highest BCUT2D eigenvalue weighted by Gasteiger charge is 2.18. The molecule has 0 aliphatic rings. The molecular formula is C57H35N3S. The van der Waals surface area contributed by atoms with Crippen LogP contribution < -0.4 is 0 Å². The van der Waals surface area contributed by atoms with E-state index in [-0.39, 0.29) is 0 Å². The lowest BCUT2D eigenvalue weighted by Crippen LogP contribution is -2.00. The molecule has 0 bridgehead atoms. The fraction of sp³-hybridized carbons (Fsp3) is 0. The van der Waals surface area contributed by atoms with Gasteiger partial charge in [0.05, 0.1) is 0 Å². The summed E-state index contributed by atoms with van der Waals surface area (Å²) in [4.78, 5) is 15.9. The Morgan fingerprint density at radius 2 is 0.754 bits per heavy atom. The Kier molecular flexibility index (Phi) is 8.36. The number of hydrogen-bond donors (Lipinski definition) is 0. The number of aromatic nitrogens is 3. The molecule has 0 fully saturated rings. The van der Waals surface area contributed by atoms with E-state index < -0.39 is 0 Å². The van der Waals surface area contributed by atoms with Crippen LogP contribution in [0.25, 0.3) is 120 Å². The van der Waals surface area contributed by atoms with Crippen LogP contribution in [0.1, 0.15) is 0 Å². The Labute approximate surface area is 356 Å². The van der Waals surface area contributed by atoms with Crippen molar-refractivity contribution in [2.24, 2.45) is 0 Å². The SMILES string of the molecule is c1ccc(-c2ccc3ccc(-c4ccc5cccc(-c6nc(-c7ccc(-c8ccc9ccccc9c8)cc7)nc(-c7cccc8c7sc7ccccc78)n6)c5c4)cc3c2)cc1. The van der Waals surface area contributed by atoms with E-state index in [0.717, 1.165) is 44.2 Å². The van der Waals surface area contributed by atoms with E-state index in [1.165, 1.54) is 58.4 Å². The molecule has 10 aromatic carbocycles. The normalized spacial score (nSPS) is 11.6. The summed E-state index contributed by atoms with van der Waals surface area (Å²) in [6.07, 6.45) is 0. The Balaban J connectivity index is 1.00. The topological polar surface area (TPSA) is 38.7 Å². The van der Waals surface area contributed by atoms with Gasteiger partial charge in [0, 0.05) is 36.9 Å². The van der Waals surface area contributed by atoms with Crippen molar-refractivity contribution in [1.29, 1.82) is 0 Å². The van der Waals surface area contributed by atoms with Crippen LogP contribution in [0.2, 0.25) is 0 Å². The largest absolute Gasteiger partial charge is 0.208 e. The number of rotatable bonds is 6. The standard InChI is InChI=1S/C57H35N3S/c1-2-10-36(11-3-1)44-29-23-39-24-30-45(34-47(39)33-44)46-31-25-40-14-8-17-50(52(40)35-46)56-58-55(41-26-20-38(21-27-41)43-28-22-37-12-4-5-13-42(37)32-43)59-57(60-56)51-18-9-16-49-48-15-6-7-19-53(48)61-54(49)51/h1-35H. The van der Waals surface area contributed by atoms with E-state index in [2.05, 4.69) is 212 Å². The predicted octanol–water partition coefficient (Wildman–Crippen LogP) is 15.7. The molecule has 61 heavy (non-hydrogen) atoms. The fourth-order valence-electron chi connectivity index (χ4n) is 8.73. The minimum absolute atomic E-state index is 0.639. The third-order valence-electron chi connectivity index (χ3n) is 11.9. The number of fused-ring (bicyclic) bond motifs is 6. The van der Waals surface area contributed by atoms with Gasteiger partial charge in [0.2, 0.25) is 0 Å². The second-order valence-corrected chi connectivity index (χ2v) is 16.7. The van der Waals surface area contributed by atoms with Gasteiger partial charge in [-0.25, -0.2) is 15.0 Å². The number of nitrogens with zero attached hydrogens (tertiary/aromatic N) is 3. The molecule has 0 saturated carbocycles. The second-order valence-electron chi connectivity index (χ2n) is 15.6. The van der Waals surface area contributed by atoms with Crippen LogP contribution in [0.15, 0.2) is 212 Å². The van der Waals surface area contributed by atoms with E-state index in [1.54, 1.807) is 11.3 Å². The molecule has 0 atom stereocenters. The molecule has 12 rings (SSSR count). The van der Waals surface area contributed by atoms with Crippen molar-refractivity contribution in [3.63, 3.8) is 0 Å². The Hall–Kier alpha value is -7.79. The predicted molar refractivity (Wildman–Crippen MR) is 258 cm³/mol. The fourth-order valence-corrected chi connectivity index (χ4v) is 9.95. The van der Waals surface area contributed by atoms with Crippen LogP contribution in [-0.2, 0) is 0 Å². The van der Waals surface area contributed by atoms with Crippen molar-refractivity contribution in [3.05, 3.63) is 212 Å². The summed E-state index contributed by atoms with van der Waals surface area (Å²) in [6.45, 7) is 0. The first-order valence-electron chi connectivity index (χ1n) is 20.6. The maximum absolute atomic E-state index is 5.33. The molecule has 3 nitrogen and oxygen atoms in total. The van der Waals surface area contributed by atoms with Gasteiger partial charge in [-0.15, -0.1) is 11.3 Å². The average Bonchev–Trinajstić information content (AvgIpc) is 3.72. The lowest BCUT2D eigenvalue weighted by molar-refractivity contribution is 1.08. The van der Waals surface area contributed by atoms with Gasteiger partial charge in [0.1, 0.15) is 0 Å². The molecule has 4 heteroatoms. The van der Waals surface area contributed by atoms with E-state index in [0.29, 0.717) is 17.5 Å². The van der Waals surface area contributed by atoms with Crippen LogP contribution in [0, 0.1) is 0 Å². The van der Waals surface area contributed by atoms with Crippen molar-refractivity contribution < 1.29 is 0 Å². The molecule has 0 spiro atoms. The molecule has 12 aromatic rings. The van der Waals surface area contributed by atoms with Crippen LogP contribution in [0.4, 0.5) is 0 Å². The highest BCUT2D eigenvalue weighted by atomic mass is 32.1. The Bertz CT molecular complexity index is 3650. The van der Waals surface area contributed by atoms with Gasteiger partial charge in [-0.05, 0) is 102 Å². The summed E-state index contributed by atoms with van der Waals surface area (Å²) in [5.41, 5.74) is 9.95. The van der Waals surface area contributed by atoms with Crippen molar-refractivity contribution in [1.82, 2.24) is 15.0 Å². The lowest BCUT2D eigenvalue weighted by atomic mass is 9.95. The first-order valence-corrected chi connectivity index (χ1v) is 21.4. The zero-order valence-corrected chi connectivity index (χ0v) is 33.8. The van der Waals surface area contributed by atoms with Gasteiger partial charge in [0.25, 0.3) is 0 Å². The third-order valence-corrected chi connectivity index (χ3v) is 13.1. The quantitative estimate of drug-likeness (QED) is 0.168. The molecule has 2 heterocycles. The monoisotopic (exact) mass is 793 g/mol. The maximum Gasteiger partial charge on any atom is 0.165 e. The van der Waals surface area contributed by atoms with Crippen LogP contribution in [-0.4, -0.2) is 15.0 Å². The second kappa shape index (κ2) is 14.5. The smallest absolute Gasteiger partial charge is 0.165 e. The summed E-state index contributed by atoms with van der Waals surface area (Å²) < 4.78 is 2.42. The van der Waals surface area contributed by atoms with E-state index in [1.807, 2.05) is 0 Å². The summed E-state index contributed by atoms with van der Waals surface area (Å²) >= 11 is 1.79. The first-order chi connectivity index (χ1) is 30.2. The Morgan fingerprint density at radius 3 is 1.54 bits per heavy atom. The van der Waals surface area contributed by atoms with Gasteiger partial charge in [-0.1, -0.05) is 176 Å². The molecular weight excluding hydrogens is 759 g/mol. The Morgan fingerprint density at radius 1 is 0.262 bits per heavy atom. The average molecular weight is 794 g/mol. The highest BCUT2D eigenvalue weighted by molar-refractivity contribution is 7.26. The summed E-state index contributed by atoms with van der Waals surface area (Å²) in [5, 5.41) is 9.56. The molecule has 0 amide bonds. The molecule has 0 N–H and O–H groups in total. The van der Waals surface area contributed by atoms with Crippen molar-refractivity contribution in [2.75, 3.05) is 0 Å². The van der Waals surface area contributed by atoms with Crippen LogP contribution >= 0.6 is 11.3 Å². The van der Waals surface area contributed by atoms with Gasteiger partial charge in [0.15, 0.2) is 17.5 Å². The summed E-state index contributed by atoms with van der Waals surface area (Å²) in [7, 11) is 0. The van der Waals surface area contributed by atoms with Crippen molar-refractivity contribution in [2.45, 2.75) is 0 Å². The molecule has 0 unspecified atom stereocenters. The molecule has 284 valence electrons. The number of benzene rings is 10. The third kappa shape index (κ3) is 6.33. The number of hydrogen-bond acceptors (Lipinski definition) is 4. The van der Waals surface area contributed by atoms with Crippen LogP contribution in [0.5, 0.6) is 0 Å². The van der Waals surface area contributed by atoms with Gasteiger partial charge >= 0.3 is 0 Å². The van der Waals surface area contributed by atoms with Crippen molar-refractivity contribution in [3.8, 4) is 67.5 Å². The zero-order valence-electron chi connectivity index (χ0n) is 33.0. The summed E-state index contributed by atoms with van der Waals surface area (Å²) in [5.74, 6) is 1.94. The minimum Gasteiger partial charge on any atom is -0.208 e. The first kappa shape index (κ1) is 35.2. The highest BCUT2D eigenvalue weighted by Crippen LogP contribution is 2.41. The molecule has 2 aromatic heterocycles. The minimum atomic E-state index is 0.639. The molecule has 0 aliphatic heterocycles. The summed E-state index contributed by atoms with van der Waals surface area (Å²) in [6, 6.07) is 76.0. The van der Waals surface area contributed by atoms with Crippen LogP contribution in [0.3, 0.4) is 0 Å². The molecule has 0 aliphatic carbocycles. The molecule has 0 saturated heterocycles.